The fraction of sp³-hybridized carbons (Fsp3) is 0.219. The van der Waals surface area contributed by atoms with Crippen molar-refractivity contribution in [2.75, 3.05) is 21.3 Å². The van der Waals surface area contributed by atoms with Gasteiger partial charge in [-0.25, -0.2) is 0 Å². The number of aliphatic hydroxyl groups is 1. The van der Waals surface area contributed by atoms with Crippen LogP contribution in [0.4, 0.5) is 0 Å². The fourth-order valence-corrected chi connectivity index (χ4v) is 5.77. The average molecular weight is 651 g/mol. The van der Waals surface area contributed by atoms with E-state index in [2.05, 4.69) is 22.6 Å². The van der Waals surface area contributed by atoms with Gasteiger partial charge in [0, 0.05) is 10.1 Å². The molecule has 1 amide bonds. The van der Waals surface area contributed by atoms with E-state index in [1.54, 1.807) is 25.2 Å². The zero-order chi connectivity index (χ0) is 28.2. The largest absolute Gasteiger partial charge is 0.497 e. The molecule has 8 heteroatoms. The Balaban J connectivity index is 1.61. The van der Waals surface area contributed by atoms with Gasteiger partial charge in [-0.2, -0.15) is 0 Å². The minimum Gasteiger partial charge on any atom is -0.497 e. The summed E-state index contributed by atoms with van der Waals surface area (Å²) >= 11 is 2.21. The van der Waals surface area contributed by atoms with Crippen LogP contribution in [0.2, 0.25) is 0 Å². The summed E-state index contributed by atoms with van der Waals surface area (Å²) in [6, 6.07) is 26.0. The third kappa shape index (κ3) is 5.33. The molecule has 4 aromatic carbocycles. The monoisotopic (exact) mass is 651 g/mol. The normalized spacial score (nSPS) is 15.0. The number of methoxy groups -OCH3 is 3. The molecule has 206 valence electrons. The molecule has 0 unspecified atom stereocenters. The van der Waals surface area contributed by atoms with Crippen molar-refractivity contribution in [3.63, 3.8) is 0 Å². The van der Waals surface area contributed by atoms with Crippen LogP contribution in [-0.2, 0) is 13.2 Å². The summed E-state index contributed by atoms with van der Waals surface area (Å²) in [5, 5.41) is 11.8. The second-order valence-corrected chi connectivity index (χ2v) is 10.5. The Morgan fingerprint density at radius 3 is 2.20 bits per heavy atom. The van der Waals surface area contributed by atoms with E-state index in [0.717, 1.165) is 26.0 Å². The van der Waals surface area contributed by atoms with E-state index in [1.807, 2.05) is 78.9 Å². The van der Waals surface area contributed by atoms with Gasteiger partial charge >= 0.3 is 0 Å². The molecule has 4 aromatic rings. The van der Waals surface area contributed by atoms with Crippen LogP contribution in [-0.4, -0.2) is 37.2 Å². The second-order valence-electron chi connectivity index (χ2n) is 9.37. The van der Waals surface area contributed by atoms with Crippen LogP contribution in [0.15, 0.2) is 84.9 Å². The van der Waals surface area contributed by atoms with Gasteiger partial charge in [0.2, 0.25) is 5.75 Å². The predicted molar refractivity (Wildman–Crippen MR) is 160 cm³/mol. The molecule has 0 spiro atoms. The van der Waals surface area contributed by atoms with E-state index in [4.69, 9.17) is 18.9 Å². The number of aliphatic hydroxyl groups excluding tert-OH is 1. The lowest BCUT2D eigenvalue weighted by atomic mass is 9.94. The van der Waals surface area contributed by atoms with Gasteiger partial charge < -0.3 is 29.0 Å². The number of nitrogens with zero attached hydrogens (tertiary/aromatic N) is 1. The SMILES string of the molecule is COc1ccc(CN2C(=O)c3c(cc(OC)c(OCc4ccccc4)c3OC)[C@@H]2[C@@H](O)c2ccccc2I)cc1. The maximum Gasteiger partial charge on any atom is 0.259 e. The van der Waals surface area contributed by atoms with Gasteiger partial charge in [0.1, 0.15) is 18.5 Å². The van der Waals surface area contributed by atoms with E-state index in [1.165, 1.54) is 7.11 Å². The molecule has 40 heavy (non-hydrogen) atoms. The van der Waals surface area contributed by atoms with Gasteiger partial charge in [-0.3, -0.25) is 4.79 Å². The second kappa shape index (κ2) is 12.2. The first-order valence-corrected chi connectivity index (χ1v) is 13.9. The van der Waals surface area contributed by atoms with Gasteiger partial charge in [-0.05, 0) is 69.1 Å². The standard InChI is InChI=1S/C32H30INO6/c1-37-22-15-13-20(14-16-22)18-34-28(29(35)23-11-7-8-12-25(23)33)24-17-26(38-2)30(31(39-3)27(24)32(34)36)40-19-21-9-5-4-6-10-21/h4-17,28-29,35H,18-19H2,1-3H3/t28-,29+/m1/s1. The molecule has 0 saturated heterocycles. The van der Waals surface area contributed by atoms with Crippen LogP contribution in [0.5, 0.6) is 23.0 Å². The Morgan fingerprint density at radius 2 is 1.55 bits per heavy atom. The number of ether oxygens (including phenoxy) is 4. The van der Waals surface area contributed by atoms with Crippen molar-refractivity contribution < 1.29 is 28.8 Å². The van der Waals surface area contributed by atoms with Gasteiger partial charge in [0.25, 0.3) is 5.91 Å². The van der Waals surface area contributed by atoms with E-state index in [0.29, 0.717) is 22.6 Å². The van der Waals surface area contributed by atoms with Crippen molar-refractivity contribution in [3.8, 4) is 23.0 Å². The molecular weight excluding hydrogens is 621 g/mol. The molecule has 0 bridgehead atoms. The molecule has 5 rings (SSSR count). The van der Waals surface area contributed by atoms with Crippen molar-refractivity contribution in [1.29, 1.82) is 0 Å². The van der Waals surface area contributed by atoms with Crippen LogP contribution in [0, 0.1) is 3.57 Å². The van der Waals surface area contributed by atoms with Crippen molar-refractivity contribution in [2.24, 2.45) is 0 Å². The topological polar surface area (TPSA) is 77.5 Å². The molecule has 0 fully saturated rings. The third-order valence-electron chi connectivity index (χ3n) is 7.05. The molecule has 1 N–H and O–H groups in total. The van der Waals surface area contributed by atoms with E-state index in [-0.39, 0.29) is 24.8 Å². The molecule has 1 heterocycles. The van der Waals surface area contributed by atoms with Crippen LogP contribution >= 0.6 is 22.6 Å². The molecular formula is C32H30INO6. The summed E-state index contributed by atoms with van der Waals surface area (Å²) in [5.41, 5.74) is 3.57. The van der Waals surface area contributed by atoms with Crippen LogP contribution < -0.4 is 18.9 Å². The quantitative estimate of drug-likeness (QED) is 0.202. The summed E-state index contributed by atoms with van der Waals surface area (Å²) in [7, 11) is 4.67. The number of fused-ring (bicyclic) bond motifs is 1. The Bertz CT molecular complexity index is 1490. The molecule has 1 aliphatic rings. The summed E-state index contributed by atoms with van der Waals surface area (Å²) < 4.78 is 24.0. The summed E-state index contributed by atoms with van der Waals surface area (Å²) in [6.45, 7) is 0.540. The first kappa shape index (κ1) is 27.8. The number of hydrogen-bond acceptors (Lipinski definition) is 6. The number of carbonyl (C=O) groups excluding carboxylic acids is 1. The smallest absolute Gasteiger partial charge is 0.259 e. The number of amides is 1. The molecule has 2 atom stereocenters. The Kier molecular flexibility index (Phi) is 8.46. The predicted octanol–water partition coefficient (Wildman–Crippen LogP) is 6.33. The highest BCUT2D eigenvalue weighted by atomic mass is 127. The number of carbonyl (C=O) groups is 1. The first-order chi connectivity index (χ1) is 19.5. The van der Waals surface area contributed by atoms with E-state index in [9.17, 15) is 9.90 Å². The van der Waals surface area contributed by atoms with E-state index >= 15 is 0 Å². The van der Waals surface area contributed by atoms with Crippen LogP contribution in [0.25, 0.3) is 0 Å². The molecule has 0 saturated carbocycles. The van der Waals surface area contributed by atoms with Crippen LogP contribution in [0.1, 0.15) is 44.8 Å². The Labute approximate surface area is 247 Å². The van der Waals surface area contributed by atoms with Crippen molar-refractivity contribution in [3.05, 3.63) is 116 Å². The maximum atomic E-state index is 14.2. The molecule has 7 nitrogen and oxygen atoms in total. The van der Waals surface area contributed by atoms with Crippen molar-refractivity contribution >= 4 is 28.5 Å². The lowest BCUT2D eigenvalue weighted by Crippen LogP contribution is -2.31. The number of hydrogen-bond donors (Lipinski definition) is 1. The highest BCUT2D eigenvalue weighted by molar-refractivity contribution is 14.1. The maximum absolute atomic E-state index is 14.2. The Morgan fingerprint density at radius 1 is 0.850 bits per heavy atom. The van der Waals surface area contributed by atoms with Crippen molar-refractivity contribution in [2.45, 2.75) is 25.3 Å². The van der Waals surface area contributed by atoms with Gasteiger partial charge in [-0.15, -0.1) is 0 Å². The van der Waals surface area contributed by atoms with Gasteiger partial charge in [0.15, 0.2) is 11.5 Å². The highest BCUT2D eigenvalue weighted by Gasteiger charge is 2.45. The average Bonchev–Trinajstić information content (AvgIpc) is 3.26. The minimum atomic E-state index is -0.998. The number of halogens is 1. The fourth-order valence-electron chi connectivity index (χ4n) is 5.06. The van der Waals surface area contributed by atoms with E-state index < -0.39 is 12.1 Å². The zero-order valence-electron chi connectivity index (χ0n) is 22.5. The molecule has 0 radical (unpaired) electrons. The third-order valence-corrected chi connectivity index (χ3v) is 8.03. The molecule has 1 aliphatic heterocycles. The van der Waals surface area contributed by atoms with Crippen molar-refractivity contribution in [1.82, 2.24) is 4.90 Å². The summed E-state index contributed by atoms with van der Waals surface area (Å²) in [5.74, 6) is 1.51. The molecule has 0 aliphatic carbocycles. The van der Waals surface area contributed by atoms with Crippen LogP contribution in [0.3, 0.4) is 0 Å². The molecule has 0 aromatic heterocycles. The zero-order valence-corrected chi connectivity index (χ0v) is 24.6. The Hall–Kier alpha value is -3.76. The lowest BCUT2D eigenvalue weighted by Gasteiger charge is -2.30. The number of benzene rings is 4. The van der Waals surface area contributed by atoms with Gasteiger partial charge in [0.05, 0.1) is 32.9 Å². The summed E-state index contributed by atoms with van der Waals surface area (Å²) in [4.78, 5) is 15.9. The lowest BCUT2D eigenvalue weighted by molar-refractivity contribution is 0.0396. The highest BCUT2D eigenvalue weighted by Crippen LogP contribution is 2.52. The minimum absolute atomic E-state index is 0.259. The van der Waals surface area contributed by atoms with Gasteiger partial charge in [-0.1, -0.05) is 60.7 Å². The summed E-state index contributed by atoms with van der Waals surface area (Å²) in [6.07, 6.45) is -0.998. The number of rotatable bonds is 10. The first-order valence-electron chi connectivity index (χ1n) is 12.8.